The van der Waals surface area contributed by atoms with Crippen LogP contribution in [0.1, 0.15) is 12.5 Å². The molecule has 2 aromatic carbocycles. The molecule has 0 atom stereocenters. The van der Waals surface area contributed by atoms with Gasteiger partial charge in [0.15, 0.2) is 6.61 Å². The van der Waals surface area contributed by atoms with Gasteiger partial charge in [0.2, 0.25) is 0 Å². The second kappa shape index (κ2) is 7.11. The number of benzene rings is 2. The summed E-state index contributed by atoms with van der Waals surface area (Å²) in [5, 5.41) is 8.73. The summed E-state index contributed by atoms with van der Waals surface area (Å²) in [4.78, 5) is 13.9. The Labute approximate surface area is 124 Å². The van der Waals surface area contributed by atoms with E-state index in [4.69, 9.17) is 10.00 Å². The van der Waals surface area contributed by atoms with E-state index in [0.717, 1.165) is 5.69 Å². The van der Waals surface area contributed by atoms with Gasteiger partial charge in [-0.05, 0) is 43.3 Å². The van der Waals surface area contributed by atoms with Gasteiger partial charge in [-0.1, -0.05) is 18.2 Å². The van der Waals surface area contributed by atoms with Gasteiger partial charge in [0, 0.05) is 12.2 Å². The summed E-state index contributed by atoms with van der Waals surface area (Å²) >= 11 is 0. The Kier molecular flexibility index (Phi) is 4.94. The number of amides is 1. The van der Waals surface area contributed by atoms with Crippen molar-refractivity contribution in [1.82, 2.24) is 0 Å². The van der Waals surface area contributed by atoms with E-state index in [-0.39, 0.29) is 12.5 Å². The van der Waals surface area contributed by atoms with Crippen LogP contribution in [0, 0.1) is 11.3 Å². The topological polar surface area (TPSA) is 53.3 Å². The van der Waals surface area contributed by atoms with Crippen molar-refractivity contribution in [3.63, 3.8) is 0 Å². The Morgan fingerprint density at radius 2 is 1.81 bits per heavy atom. The fourth-order valence-electron chi connectivity index (χ4n) is 1.96. The fourth-order valence-corrected chi connectivity index (χ4v) is 1.96. The van der Waals surface area contributed by atoms with Crippen LogP contribution in [0.25, 0.3) is 0 Å². The number of carbonyl (C=O) groups is 1. The number of carbonyl (C=O) groups excluding carboxylic acids is 1. The lowest BCUT2D eigenvalue weighted by Gasteiger charge is -2.21. The van der Waals surface area contributed by atoms with Crippen molar-refractivity contribution in [2.45, 2.75) is 6.92 Å². The van der Waals surface area contributed by atoms with Crippen molar-refractivity contribution in [1.29, 1.82) is 5.26 Å². The van der Waals surface area contributed by atoms with Crippen LogP contribution >= 0.6 is 0 Å². The molecule has 0 aliphatic heterocycles. The summed E-state index contributed by atoms with van der Waals surface area (Å²) in [7, 11) is 0. The van der Waals surface area contributed by atoms with E-state index >= 15 is 0 Å². The molecule has 4 heteroatoms. The van der Waals surface area contributed by atoms with Crippen molar-refractivity contribution in [3.8, 4) is 11.8 Å². The summed E-state index contributed by atoms with van der Waals surface area (Å²) in [5.41, 5.74) is 1.42. The van der Waals surface area contributed by atoms with E-state index in [1.165, 1.54) is 0 Å². The molecule has 2 rings (SSSR count). The molecule has 0 aliphatic carbocycles. The molecule has 0 heterocycles. The minimum Gasteiger partial charge on any atom is -0.484 e. The molecule has 2 aromatic rings. The average molecular weight is 280 g/mol. The van der Waals surface area contributed by atoms with E-state index in [2.05, 4.69) is 0 Å². The standard InChI is InChI=1S/C17H16N2O2/c1-2-19(15-6-4-3-5-7-15)17(20)13-21-16-10-8-14(12-18)9-11-16/h3-11H,2,13H2,1H3. The first-order chi connectivity index (χ1) is 10.2. The van der Waals surface area contributed by atoms with E-state index < -0.39 is 0 Å². The lowest BCUT2D eigenvalue weighted by molar-refractivity contribution is -0.120. The largest absolute Gasteiger partial charge is 0.484 e. The average Bonchev–Trinajstić information content (AvgIpc) is 2.55. The second-order valence-corrected chi connectivity index (χ2v) is 4.40. The molecule has 0 N–H and O–H groups in total. The van der Waals surface area contributed by atoms with Crippen LogP contribution in [0.15, 0.2) is 54.6 Å². The van der Waals surface area contributed by atoms with Crippen molar-refractivity contribution in [2.24, 2.45) is 0 Å². The number of rotatable bonds is 5. The van der Waals surface area contributed by atoms with Crippen LogP contribution in [0.4, 0.5) is 5.69 Å². The third kappa shape index (κ3) is 3.83. The number of hydrogen-bond acceptors (Lipinski definition) is 3. The number of likely N-dealkylation sites (N-methyl/N-ethyl adjacent to an activating group) is 1. The molecular formula is C17H16N2O2. The highest BCUT2D eigenvalue weighted by Gasteiger charge is 2.14. The van der Waals surface area contributed by atoms with E-state index in [1.807, 2.05) is 43.3 Å². The van der Waals surface area contributed by atoms with Crippen molar-refractivity contribution in [3.05, 3.63) is 60.2 Å². The molecule has 0 aromatic heterocycles. The zero-order valence-electron chi connectivity index (χ0n) is 11.8. The zero-order valence-corrected chi connectivity index (χ0v) is 11.8. The predicted molar refractivity (Wildman–Crippen MR) is 81.1 cm³/mol. The SMILES string of the molecule is CCN(C(=O)COc1ccc(C#N)cc1)c1ccccc1. The first kappa shape index (κ1) is 14.6. The van der Waals surface area contributed by atoms with E-state index in [0.29, 0.717) is 17.9 Å². The molecule has 4 nitrogen and oxygen atoms in total. The maximum atomic E-state index is 12.2. The van der Waals surface area contributed by atoms with Gasteiger partial charge in [-0.15, -0.1) is 0 Å². The Morgan fingerprint density at radius 1 is 1.14 bits per heavy atom. The lowest BCUT2D eigenvalue weighted by Crippen LogP contribution is -2.34. The van der Waals surface area contributed by atoms with Crippen LogP contribution in [0.5, 0.6) is 5.75 Å². The van der Waals surface area contributed by atoms with Gasteiger partial charge in [0.1, 0.15) is 5.75 Å². The lowest BCUT2D eigenvalue weighted by atomic mass is 10.2. The molecule has 0 fully saturated rings. The summed E-state index contributed by atoms with van der Waals surface area (Å²) in [5.74, 6) is 0.472. The van der Waals surface area contributed by atoms with Gasteiger partial charge in [-0.2, -0.15) is 5.26 Å². The molecule has 0 saturated carbocycles. The van der Waals surface area contributed by atoms with Crippen LogP contribution in [-0.4, -0.2) is 19.1 Å². The molecular weight excluding hydrogens is 264 g/mol. The number of para-hydroxylation sites is 1. The van der Waals surface area contributed by atoms with E-state index in [1.54, 1.807) is 29.2 Å². The zero-order chi connectivity index (χ0) is 15.1. The maximum absolute atomic E-state index is 12.2. The molecule has 0 saturated heterocycles. The summed E-state index contributed by atoms with van der Waals surface area (Å²) in [6.45, 7) is 2.47. The number of nitriles is 1. The van der Waals surface area contributed by atoms with Crippen LogP contribution < -0.4 is 9.64 Å². The number of nitrogens with zero attached hydrogens (tertiary/aromatic N) is 2. The third-order valence-corrected chi connectivity index (χ3v) is 3.03. The van der Waals surface area contributed by atoms with E-state index in [9.17, 15) is 4.79 Å². The van der Waals surface area contributed by atoms with Crippen molar-refractivity contribution in [2.75, 3.05) is 18.1 Å². The first-order valence-electron chi connectivity index (χ1n) is 6.73. The Morgan fingerprint density at radius 3 is 2.38 bits per heavy atom. The predicted octanol–water partition coefficient (Wildman–Crippen LogP) is 2.99. The second-order valence-electron chi connectivity index (χ2n) is 4.40. The molecule has 0 spiro atoms. The van der Waals surface area contributed by atoms with Gasteiger partial charge in [0.25, 0.3) is 5.91 Å². The maximum Gasteiger partial charge on any atom is 0.264 e. The summed E-state index contributed by atoms with van der Waals surface area (Å²) in [6.07, 6.45) is 0. The third-order valence-electron chi connectivity index (χ3n) is 3.03. The Hall–Kier alpha value is -2.80. The highest BCUT2D eigenvalue weighted by molar-refractivity contribution is 5.94. The molecule has 1 amide bonds. The monoisotopic (exact) mass is 280 g/mol. The minimum atomic E-state index is -0.104. The molecule has 0 unspecified atom stereocenters. The van der Waals surface area contributed by atoms with Crippen LogP contribution in [0.3, 0.4) is 0 Å². The van der Waals surface area contributed by atoms with Crippen molar-refractivity contribution < 1.29 is 9.53 Å². The normalized spacial score (nSPS) is 9.71. The number of anilines is 1. The quantitative estimate of drug-likeness (QED) is 0.846. The van der Waals surface area contributed by atoms with Crippen LogP contribution in [0.2, 0.25) is 0 Å². The highest BCUT2D eigenvalue weighted by Crippen LogP contribution is 2.15. The Bertz CT molecular complexity index is 630. The number of ether oxygens (including phenoxy) is 1. The highest BCUT2D eigenvalue weighted by atomic mass is 16.5. The van der Waals surface area contributed by atoms with Gasteiger partial charge in [0.05, 0.1) is 11.6 Å². The first-order valence-corrected chi connectivity index (χ1v) is 6.73. The van der Waals surface area contributed by atoms with Gasteiger partial charge >= 0.3 is 0 Å². The fraction of sp³-hybridized carbons (Fsp3) is 0.176. The van der Waals surface area contributed by atoms with Crippen molar-refractivity contribution >= 4 is 11.6 Å². The molecule has 0 aliphatic rings. The van der Waals surface area contributed by atoms with Gasteiger partial charge in [-0.25, -0.2) is 0 Å². The summed E-state index contributed by atoms with van der Waals surface area (Å²) < 4.78 is 5.47. The minimum absolute atomic E-state index is 0.0331. The Balaban J connectivity index is 1.98. The smallest absolute Gasteiger partial charge is 0.264 e. The van der Waals surface area contributed by atoms with Gasteiger partial charge < -0.3 is 9.64 Å². The number of hydrogen-bond donors (Lipinski definition) is 0. The molecule has 0 radical (unpaired) electrons. The molecule has 21 heavy (non-hydrogen) atoms. The molecule has 106 valence electrons. The van der Waals surface area contributed by atoms with Crippen LogP contribution in [-0.2, 0) is 4.79 Å². The van der Waals surface area contributed by atoms with Gasteiger partial charge in [-0.3, -0.25) is 4.79 Å². The summed E-state index contributed by atoms with van der Waals surface area (Å²) in [6, 6.07) is 18.2. The molecule has 0 bridgehead atoms.